The van der Waals surface area contributed by atoms with Gasteiger partial charge >= 0.3 is 12.1 Å². The minimum absolute atomic E-state index is 0.201. The molecule has 0 fully saturated rings. The highest BCUT2D eigenvalue weighted by Gasteiger charge is 2.27. The minimum atomic E-state index is -0.936. The summed E-state index contributed by atoms with van der Waals surface area (Å²) in [6.45, 7) is 0.210. The van der Waals surface area contributed by atoms with Crippen LogP contribution in [0.1, 0.15) is 39.5 Å². The Kier molecular flexibility index (Phi) is 4.28. The van der Waals surface area contributed by atoms with Crippen molar-refractivity contribution in [2.75, 3.05) is 0 Å². The fourth-order valence-corrected chi connectivity index (χ4v) is 2.91. The number of hydrogen-bond acceptors (Lipinski definition) is 3. The molecule has 0 radical (unpaired) electrons. The Morgan fingerprint density at radius 2 is 1.91 bits per heavy atom. The average Bonchev–Trinajstić information content (AvgIpc) is 2.97. The molecular formula is C18H17NO4. The van der Waals surface area contributed by atoms with Gasteiger partial charge in [0.15, 0.2) is 0 Å². The van der Waals surface area contributed by atoms with E-state index in [-0.39, 0.29) is 12.6 Å². The van der Waals surface area contributed by atoms with Gasteiger partial charge in [0.2, 0.25) is 0 Å². The van der Waals surface area contributed by atoms with Crippen LogP contribution in [0, 0.1) is 0 Å². The Bertz CT molecular complexity index is 727. The number of carboxylic acids is 1. The van der Waals surface area contributed by atoms with Gasteiger partial charge in [-0.1, -0.05) is 42.5 Å². The summed E-state index contributed by atoms with van der Waals surface area (Å²) >= 11 is 0. The van der Waals surface area contributed by atoms with Gasteiger partial charge in [0, 0.05) is 0 Å². The Balaban J connectivity index is 1.63. The van der Waals surface area contributed by atoms with Crippen molar-refractivity contribution in [1.82, 2.24) is 5.32 Å². The number of alkyl carbamates (subject to hydrolysis) is 1. The lowest BCUT2D eigenvalue weighted by Crippen LogP contribution is -2.27. The van der Waals surface area contributed by atoms with E-state index in [0.29, 0.717) is 18.4 Å². The van der Waals surface area contributed by atoms with E-state index in [1.54, 1.807) is 12.1 Å². The Morgan fingerprint density at radius 3 is 2.65 bits per heavy atom. The molecule has 5 nitrogen and oxygen atoms in total. The van der Waals surface area contributed by atoms with E-state index in [9.17, 15) is 14.7 Å². The molecule has 0 unspecified atom stereocenters. The number of ether oxygens (including phenoxy) is 1. The number of hydrogen-bond donors (Lipinski definition) is 2. The first-order chi connectivity index (χ1) is 11.1. The number of benzene rings is 2. The first kappa shape index (κ1) is 15.1. The molecule has 2 N–H and O–H groups in total. The van der Waals surface area contributed by atoms with Crippen LogP contribution in [0.2, 0.25) is 0 Å². The zero-order valence-electron chi connectivity index (χ0n) is 12.5. The minimum Gasteiger partial charge on any atom is -0.478 e. The number of amides is 1. The standard InChI is InChI=1S/C18H17NO4/c20-17(21)15-8-4-7-14-13(15)9-10-16(14)19-18(22)23-11-12-5-2-1-3-6-12/h1-8,16H,9-11H2,(H,19,22)(H,20,21)/t16-/m1/s1. The summed E-state index contributed by atoms with van der Waals surface area (Å²) in [5.41, 5.74) is 2.89. The van der Waals surface area contributed by atoms with Gasteiger partial charge in [-0.05, 0) is 35.6 Å². The zero-order valence-corrected chi connectivity index (χ0v) is 12.5. The number of nitrogens with one attached hydrogen (secondary N) is 1. The third-order valence-electron chi connectivity index (χ3n) is 4.01. The van der Waals surface area contributed by atoms with E-state index < -0.39 is 12.1 Å². The number of rotatable bonds is 4. The van der Waals surface area contributed by atoms with Crippen LogP contribution in [0.25, 0.3) is 0 Å². The monoisotopic (exact) mass is 311 g/mol. The van der Waals surface area contributed by atoms with Gasteiger partial charge < -0.3 is 15.2 Å². The lowest BCUT2D eigenvalue weighted by Gasteiger charge is -2.14. The van der Waals surface area contributed by atoms with Crippen LogP contribution in [0.5, 0.6) is 0 Å². The normalized spacial score (nSPS) is 15.7. The third-order valence-corrected chi connectivity index (χ3v) is 4.01. The molecule has 1 aliphatic carbocycles. The molecule has 118 valence electrons. The molecule has 3 rings (SSSR count). The fourth-order valence-electron chi connectivity index (χ4n) is 2.91. The summed E-state index contributed by atoms with van der Waals surface area (Å²) in [4.78, 5) is 23.2. The highest BCUT2D eigenvalue weighted by molar-refractivity contribution is 5.90. The number of carboxylic acid groups (broad SMARTS) is 1. The molecule has 23 heavy (non-hydrogen) atoms. The molecule has 0 saturated heterocycles. The lowest BCUT2D eigenvalue weighted by molar-refractivity contribution is 0.0695. The van der Waals surface area contributed by atoms with E-state index in [1.807, 2.05) is 36.4 Å². The van der Waals surface area contributed by atoms with E-state index in [0.717, 1.165) is 16.7 Å². The van der Waals surface area contributed by atoms with Crippen molar-refractivity contribution >= 4 is 12.1 Å². The van der Waals surface area contributed by atoms with E-state index >= 15 is 0 Å². The van der Waals surface area contributed by atoms with Crippen molar-refractivity contribution in [2.45, 2.75) is 25.5 Å². The maximum absolute atomic E-state index is 12.0. The van der Waals surface area contributed by atoms with Crippen molar-refractivity contribution in [3.05, 3.63) is 70.8 Å². The smallest absolute Gasteiger partial charge is 0.407 e. The van der Waals surface area contributed by atoms with Crippen LogP contribution in [0.3, 0.4) is 0 Å². The number of carbonyl (C=O) groups excluding carboxylic acids is 1. The Hall–Kier alpha value is -2.82. The second-order valence-corrected chi connectivity index (χ2v) is 5.48. The highest BCUT2D eigenvalue weighted by atomic mass is 16.5. The van der Waals surface area contributed by atoms with E-state index in [1.165, 1.54) is 0 Å². The molecule has 0 aliphatic heterocycles. The summed E-state index contributed by atoms with van der Waals surface area (Å²) < 4.78 is 5.22. The van der Waals surface area contributed by atoms with Gasteiger partial charge in [0.05, 0.1) is 11.6 Å². The molecule has 0 saturated carbocycles. The molecule has 0 aromatic heterocycles. The van der Waals surface area contributed by atoms with Gasteiger partial charge in [-0.2, -0.15) is 0 Å². The lowest BCUT2D eigenvalue weighted by atomic mass is 10.0. The van der Waals surface area contributed by atoms with Crippen LogP contribution >= 0.6 is 0 Å². The zero-order chi connectivity index (χ0) is 16.2. The predicted molar refractivity (Wildman–Crippen MR) is 84.2 cm³/mol. The summed E-state index contributed by atoms with van der Waals surface area (Å²) in [5.74, 6) is -0.936. The van der Waals surface area contributed by atoms with Crippen molar-refractivity contribution in [3.63, 3.8) is 0 Å². The Morgan fingerprint density at radius 1 is 1.13 bits per heavy atom. The quantitative estimate of drug-likeness (QED) is 0.908. The van der Waals surface area contributed by atoms with Crippen molar-refractivity contribution < 1.29 is 19.4 Å². The van der Waals surface area contributed by atoms with Gasteiger partial charge in [0.1, 0.15) is 6.61 Å². The molecule has 0 bridgehead atoms. The topological polar surface area (TPSA) is 75.6 Å². The molecule has 0 spiro atoms. The van der Waals surface area contributed by atoms with E-state index in [2.05, 4.69) is 5.32 Å². The molecule has 2 aromatic rings. The largest absolute Gasteiger partial charge is 0.478 e. The molecule has 0 heterocycles. The summed E-state index contributed by atoms with van der Waals surface area (Å²) in [7, 11) is 0. The maximum atomic E-state index is 12.0. The van der Waals surface area contributed by atoms with Crippen molar-refractivity contribution in [2.24, 2.45) is 0 Å². The molecule has 1 amide bonds. The van der Waals surface area contributed by atoms with Crippen molar-refractivity contribution in [1.29, 1.82) is 0 Å². The first-order valence-corrected chi connectivity index (χ1v) is 7.47. The van der Waals surface area contributed by atoms with Crippen LogP contribution in [-0.2, 0) is 17.8 Å². The van der Waals surface area contributed by atoms with Crippen LogP contribution < -0.4 is 5.32 Å². The summed E-state index contributed by atoms with van der Waals surface area (Å²) in [5, 5.41) is 12.0. The van der Waals surface area contributed by atoms with Gasteiger partial charge in [-0.15, -0.1) is 0 Å². The number of carbonyl (C=O) groups is 2. The van der Waals surface area contributed by atoms with Gasteiger partial charge in [0.25, 0.3) is 0 Å². The third kappa shape index (κ3) is 3.34. The van der Waals surface area contributed by atoms with Crippen LogP contribution in [-0.4, -0.2) is 17.2 Å². The highest BCUT2D eigenvalue weighted by Crippen LogP contribution is 2.33. The average molecular weight is 311 g/mol. The number of aromatic carboxylic acids is 1. The number of fused-ring (bicyclic) bond motifs is 1. The molecule has 1 aliphatic rings. The molecule has 5 heteroatoms. The SMILES string of the molecule is O=C(N[C@@H]1CCc2c(C(=O)O)cccc21)OCc1ccccc1. The van der Waals surface area contributed by atoms with Gasteiger partial charge in [-0.25, -0.2) is 9.59 Å². The first-order valence-electron chi connectivity index (χ1n) is 7.47. The van der Waals surface area contributed by atoms with Crippen LogP contribution in [0.15, 0.2) is 48.5 Å². The molecular weight excluding hydrogens is 294 g/mol. The molecule has 2 aromatic carbocycles. The van der Waals surface area contributed by atoms with Crippen LogP contribution in [0.4, 0.5) is 4.79 Å². The van der Waals surface area contributed by atoms with E-state index in [4.69, 9.17) is 4.74 Å². The Labute approximate surface area is 133 Å². The fraction of sp³-hybridized carbons (Fsp3) is 0.222. The maximum Gasteiger partial charge on any atom is 0.407 e. The summed E-state index contributed by atoms with van der Waals surface area (Å²) in [6, 6.07) is 14.4. The second kappa shape index (κ2) is 6.52. The molecule has 1 atom stereocenters. The predicted octanol–water partition coefficient (Wildman–Crippen LogP) is 3.30. The second-order valence-electron chi connectivity index (χ2n) is 5.48. The summed E-state index contributed by atoms with van der Waals surface area (Å²) in [6.07, 6.45) is 0.828. The van der Waals surface area contributed by atoms with Gasteiger partial charge in [-0.3, -0.25) is 0 Å². The van der Waals surface area contributed by atoms with Crippen molar-refractivity contribution in [3.8, 4) is 0 Å².